The van der Waals surface area contributed by atoms with E-state index in [2.05, 4.69) is 15.6 Å². The minimum absolute atomic E-state index is 0.131. The maximum absolute atomic E-state index is 14.4. The molecule has 2 aliphatic heterocycles. The number of benzene rings is 2. The number of anilines is 2. The van der Waals surface area contributed by atoms with Crippen LogP contribution >= 0.6 is 0 Å². The topological polar surface area (TPSA) is 72.0 Å². The second-order valence-corrected chi connectivity index (χ2v) is 7.33. The number of hydrogen-bond donors (Lipinski definition) is 2. The van der Waals surface area contributed by atoms with Crippen molar-refractivity contribution in [1.29, 1.82) is 0 Å². The Morgan fingerprint density at radius 1 is 1.32 bits per heavy atom. The second-order valence-electron chi connectivity index (χ2n) is 7.33. The number of halogens is 1. The first-order valence-corrected chi connectivity index (χ1v) is 9.20. The lowest BCUT2D eigenvalue weighted by Gasteiger charge is -2.17. The Morgan fingerprint density at radius 3 is 2.89 bits per heavy atom. The summed E-state index contributed by atoms with van der Waals surface area (Å²) in [6.45, 7) is 4.61. The molecule has 6 nitrogen and oxygen atoms in total. The molecule has 2 aliphatic rings. The van der Waals surface area contributed by atoms with Crippen LogP contribution in [0.3, 0.4) is 0 Å². The number of amides is 1. The summed E-state index contributed by atoms with van der Waals surface area (Å²) in [6.07, 6.45) is 1.42. The van der Waals surface area contributed by atoms with Crippen molar-refractivity contribution in [1.82, 2.24) is 0 Å². The van der Waals surface area contributed by atoms with E-state index < -0.39 is 17.5 Å². The van der Waals surface area contributed by atoms with Crippen LogP contribution in [0, 0.1) is 5.82 Å². The summed E-state index contributed by atoms with van der Waals surface area (Å²) in [7, 11) is 0. The summed E-state index contributed by atoms with van der Waals surface area (Å²) in [4.78, 5) is 16.4. The lowest BCUT2D eigenvalue weighted by molar-refractivity contribution is -0.136. The molecule has 7 heteroatoms. The van der Waals surface area contributed by atoms with Crippen molar-refractivity contribution < 1.29 is 18.7 Å². The van der Waals surface area contributed by atoms with E-state index in [4.69, 9.17) is 9.47 Å². The van der Waals surface area contributed by atoms with Gasteiger partial charge in [-0.2, -0.15) is 0 Å². The molecule has 0 spiro atoms. The number of rotatable bonds is 5. The van der Waals surface area contributed by atoms with Gasteiger partial charge in [0.2, 0.25) is 5.91 Å². The first kappa shape index (κ1) is 18.6. The van der Waals surface area contributed by atoms with Crippen LogP contribution in [0.2, 0.25) is 0 Å². The first-order valence-electron chi connectivity index (χ1n) is 9.20. The fourth-order valence-electron chi connectivity index (χ4n) is 3.36. The largest absolute Gasteiger partial charge is 0.380 e. The SMILES string of the molecule is CC1(C)OCC(CNc2ccc(N=CC3C(=O)Nc4ccccc43)cc2F)O1. The van der Waals surface area contributed by atoms with E-state index >= 15 is 0 Å². The molecule has 0 radical (unpaired) electrons. The molecule has 2 aromatic carbocycles. The maximum Gasteiger partial charge on any atom is 0.237 e. The number of nitrogens with one attached hydrogen (secondary N) is 2. The number of fused-ring (bicyclic) bond motifs is 1. The molecule has 0 aliphatic carbocycles. The summed E-state index contributed by atoms with van der Waals surface area (Å²) in [5.74, 6) is -1.62. The molecule has 2 heterocycles. The predicted molar refractivity (Wildman–Crippen MR) is 106 cm³/mol. The normalized spacial score (nSPS) is 23.0. The van der Waals surface area contributed by atoms with Gasteiger partial charge in [-0.05, 0) is 37.6 Å². The van der Waals surface area contributed by atoms with Crippen molar-refractivity contribution in [2.75, 3.05) is 23.8 Å². The number of aliphatic imine (C=N–C) groups is 1. The van der Waals surface area contributed by atoms with E-state index in [0.29, 0.717) is 24.5 Å². The molecule has 0 saturated carbocycles. The molecule has 1 fully saturated rings. The molecular formula is C21H22FN3O3. The van der Waals surface area contributed by atoms with Gasteiger partial charge >= 0.3 is 0 Å². The van der Waals surface area contributed by atoms with Gasteiger partial charge in [0.05, 0.1) is 18.0 Å². The number of para-hydroxylation sites is 1. The highest BCUT2D eigenvalue weighted by molar-refractivity contribution is 6.12. The molecular weight excluding hydrogens is 361 g/mol. The van der Waals surface area contributed by atoms with Gasteiger partial charge in [-0.25, -0.2) is 4.39 Å². The summed E-state index contributed by atoms with van der Waals surface area (Å²) in [5.41, 5.74) is 2.48. The van der Waals surface area contributed by atoms with Crippen molar-refractivity contribution in [3.05, 3.63) is 53.8 Å². The van der Waals surface area contributed by atoms with Crippen LogP contribution in [-0.4, -0.2) is 37.2 Å². The predicted octanol–water partition coefficient (Wildman–Crippen LogP) is 3.83. The van der Waals surface area contributed by atoms with Gasteiger partial charge in [0.15, 0.2) is 5.79 Å². The highest BCUT2D eigenvalue weighted by Crippen LogP contribution is 2.31. The monoisotopic (exact) mass is 383 g/mol. The third kappa shape index (κ3) is 3.90. The molecule has 146 valence electrons. The number of hydrogen-bond acceptors (Lipinski definition) is 5. The van der Waals surface area contributed by atoms with Crippen LogP contribution in [0.15, 0.2) is 47.5 Å². The molecule has 0 aromatic heterocycles. The Bertz CT molecular complexity index is 929. The van der Waals surface area contributed by atoms with E-state index in [1.54, 1.807) is 18.3 Å². The highest BCUT2D eigenvalue weighted by atomic mass is 19.1. The van der Waals surface area contributed by atoms with Gasteiger partial charge in [0.25, 0.3) is 0 Å². The van der Waals surface area contributed by atoms with E-state index in [1.807, 2.05) is 38.1 Å². The fraction of sp³-hybridized carbons (Fsp3) is 0.333. The Kier molecular flexibility index (Phi) is 4.87. The third-order valence-electron chi connectivity index (χ3n) is 4.75. The summed E-state index contributed by atoms with van der Waals surface area (Å²) in [5, 5.41) is 5.86. The highest BCUT2D eigenvalue weighted by Gasteiger charge is 2.32. The molecule has 2 atom stereocenters. The van der Waals surface area contributed by atoms with Crippen molar-refractivity contribution in [2.45, 2.75) is 31.7 Å². The molecule has 4 rings (SSSR count). The lowest BCUT2D eigenvalue weighted by Crippen LogP contribution is -2.26. The van der Waals surface area contributed by atoms with Crippen LogP contribution in [0.5, 0.6) is 0 Å². The minimum atomic E-state index is -0.603. The number of carbonyl (C=O) groups is 1. The van der Waals surface area contributed by atoms with Crippen molar-refractivity contribution in [3.63, 3.8) is 0 Å². The zero-order valence-corrected chi connectivity index (χ0v) is 15.7. The molecule has 2 N–H and O–H groups in total. The standard InChI is InChI=1S/C21H22FN3O3/c1-21(2)27-12-14(28-21)10-24-19-8-7-13(9-17(19)22)23-11-16-15-5-3-4-6-18(15)25-20(16)26/h3-9,11,14,16,24H,10,12H2,1-2H3,(H,25,26). The first-order chi connectivity index (χ1) is 13.4. The minimum Gasteiger partial charge on any atom is -0.380 e. The molecule has 0 bridgehead atoms. The van der Waals surface area contributed by atoms with Crippen molar-refractivity contribution >= 4 is 29.2 Å². The summed E-state index contributed by atoms with van der Waals surface area (Å²) in [6, 6.07) is 12.1. The Balaban J connectivity index is 1.41. The average Bonchev–Trinajstić information content (AvgIpc) is 3.17. The average molecular weight is 383 g/mol. The molecule has 28 heavy (non-hydrogen) atoms. The van der Waals surface area contributed by atoms with Crippen LogP contribution in [0.1, 0.15) is 25.3 Å². The smallest absolute Gasteiger partial charge is 0.237 e. The summed E-state index contributed by atoms with van der Waals surface area (Å²) >= 11 is 0. The van der Waals surface area contributed by atoms with Crippen molar-refractivity contribution in [3.8, 4) is 0 Å². The van der Waals surface area contributed by atoms with Gasteiger partial charge in [0, 0.05) is 24.5 Å². The van der Waals surface area contributed by atoms with Crippen LogP contribution in [0.25, 0.3) is 0 Å². The van der Waals surface area contributed by atoms with E-state index in [1.165, 1.54) is 6.07 Å². The van der Waals surface area contributed by atoms with Gasteiger partial charge in [-0.1, -0.05) is 18.2 Å². The quantitative estimate of drug-likeness (QED) is 0.770. The van der Waals surface area contributed by atoms with E-state index in [0.717, 1.165) is 11.3 Å². The van der Waals surface area contributed by atoms with Crippen LogP contribution in [-0.2, 0) is 14.3 Å². The number of carbonyl (C=O) groups excluding carboxylic acids is 1. The second kappa shape index (κ2) is 7.33. The molecule has 1 amide bonds. The number of ether oxygens (including phenoxy) is 2. The molecule has 2 unspecified atom stereocenters. The van der Waals surface area contributed by atoms with E-state index in [-0.39, 0.29) is 12.0 Å². The Morgan fingerprint density at radius 2 is 2.14 bits per heavy atom. The summed E-state index contributed by atoms with van der Waals surface area (Å²) < 4.78 is 25.6. The van der Waals surface area contributed by atoms with Gasteiger partial charge in [0.1, 0.15) is 17.8 Å². The maximum atomic E-state index is 14.4. The van der Waals surface area contributed by atoms with Crippen molar-refractivity contribution in [2.24, 2.45) is 4.99 Å². The zero-order valence-electron chi connectivity index (χ0n) is 15.7. The molecule has 2 aromatic rings. The van der Waals surface area contributed by atoms with Gasteiger partial charge in [-0.3, -0.25) is 9.79 Å². The number of nitrogens with zero attached hydrogens (tertiary/aromatic N) is 1. The van der Waals surface area contributed by atoms with Gasteiger partial charge < -0.3 is 20.1 Å². The Hall–Kier alpha value is -2.77. The Labute approximate surface area is 162 Å². The lowest BCUT2D eigenvalue weighted by atomic mass is 10.0. The fourth-order valence-corrected chi connectivity index (χ4v) is 3.36. The third-order valence-corrected chi connectivity index (χ3v) is 4.75. The van der Waals surface area contributed by atoms with Gasteiger partial charge in [-0.15, -0.1) is 0 Å². The zero-order chi connectivity index (χ0) is 19.7. The molecule has 1 saturated heterocycles. The van der Waals surface area contributed by atoms with E-state index in [9.17, 15) is 9.18 Å². The van der Waals surface area contributed by atoms with Crippen LogP contribution in [0.4, 0.5) is 21.5 Å². The van der Waals surface area contributed by atoms with Crippen LogP contribution < -0.4 is 10.6 Å².